The van der Waals surface area contributed by atoms with Crippen LogP contribution >= 0.6 is 0 Å². The second kappa shape index (κ2) is 7.70. The van der Waals surface area contributed by atoms with Crippen LogP contribution in [0.2, 0.25) is 0 Å². The summed E-state index contributed by atoms with van der Waals surface area (Å²) in [6.45, 7) is 6.97. The van der Waals surface area contributed by atoms with Gasteiger partial charge in [0.05, 0.1) is 0 Å². The van der Waals surface area contributed by atoms with E-state index >= 15 is 0 Å². The van der Waals surface area contributed by atoms with Crippen LogP contribution in [0.1, 0.15) is 52.4 Å². The minimum absolute atomic E-state index is 0.339. The van der Waals surface area contributed by atoms with Crippen LogP contribution in [0, 0.1) is 11.8 Å². The van der Waals surface area contributed by atoms with Crippen molar-refractivity contribution in [3.8, 4) is 0 Å². The molecular weight excluding hydrogens is 212 g/mol. The van der Waals surface area contributed by atoms with E-state index in [0.29, 0.717) is 24.3 Å². The van der Waals surface area contributed by atoms with Crippen molar-refractivity contribution in [1.29, 1.82) is 0 Å². The van der Waals surface area contributed by atoms with E-state index in [-0.39, 0.29) is 0 Å². The number of likely N-dealkylation sites (tertiary alicyclic amines) is 1. The number of amides is 1. The van der Waals surface area contributed by atoms with Gasteiger partial charge in [0.2, 0.25) is 5.91 Å². The number of piperidine rings is 1. The van der Waals surface area contributed by atoms with Crippen molar-refractivity contribution >= 4 is 5.91 Å². The first-order chi connectivity index (χ1) is 8.19. The fourth-order valence-corrected chi connectivity index (χ4v) is 2.54. The SMILES string of the molecule is CCCCCCC(=O)N1CCC(C)C(CN)C1. The Morgan fingerprint density at radius 1 is 1.35 bits per heavy atom. The van der Waals surface area contributed by atoms with Gasteiger partial charge in [-0.15, -0.1) is 0 Å². The fourth-order valence-electron chi connectivity index (χ4n) is 2.54. The Morgan fingerprint density at radius 2 is 2.12 bits per heavy atom. The maximum atomic E-state index is 12.0. The third-order valence-electron chi connectivity index (χ3n) is 4.01. The van der Waals surface area contributed by atoms with E-state index in [9.17, 15) is 4.79 Å². The average molecular weight is 240 g/mol. The Kier molecular flexibility index (Phi) is 6.56. The van der Waals surface area contributed by atoms with Crippen molar-refractivity contribution in [3.05, 3.63) is 0 Å². The first-order valence-electron chi connectivity index (χ1n) is 7.16. The van der Waals surface area contributed by atoms with Crippen molar-refractivity contribution in [1.82, 2.24) is 4.90 Å². The molecule has 1 saturated heterocycles. The molecule has 3 nitrogen and oxygen atoms in total. The molecule has 2 unspecified atom stereocenters. The van der Waals surface area contributed by atoms with Gasteiger partial charge in [0.25, 0.3) is 0 Å². The molecule has 2 atom stereocenters. The van der Waals surface area contributed by atoms with Crippen LogP contribution < -0.4 is 5.73 Å². The maximum absolute atomic E-state index is 12.0. The Labute approximate surface area is 106 Å². The lowest BCUT2D eigenvalue weighted by Crippen LogP contribution is -2.45. The average Bonchev–Trinajstić information content (AvgIpc) is 2.35. The molecule has 1 aliphatic rings. The van der Waals surface area contributed by atoms with Crippen LogP contribution in [-0.2, 0) is 4.79 Å². The highest BCUT2D eigenvalue weighted by Crippen LogP contribution is 2.23. The van der Waals surface area contributed by atoms with Crippen molar-refractivity contribution in [2.75, 3.05) is 19.6 Å². The topological polar surface area (TPSA) is 46.3 Å². The highest BCUT2D eigenvalue weighted by Gasteiger charge is 2.27. The van der Waals surface area contributed by atoms with E-state index < -0.39 is 0 Å². The van der Waals surface area contributed by atoms with Gasteiger partial charge in [0.1, 0.15) is 0 Å². The molecule has 0 saturated carbocycles. The zero-order valence-electron chi connectivity index (χ0n) is 11.5. The summed E-state index contributed by atoms with van der Waals surface area (Å²) < 4.78 is 0. The van der Waals surface area contributed by atoms with E-state index in [1.165, 1.54) is 19.3 Å². The Hall–Kier alpha value is -0.570. The third kappa shape index (κ3) is 4.66. The highest BCUT2D eigenvalue weighted by molar-refractivity contribution is 5.76. The monoisotopic (exact) mass is 240 g/mol. The molecule has 1 amide bonds. The molecule has 0 aromatic heterocycles. The lowest BCUT2D eigenvalue weighted by Gasteiger charge is -2.36. The van der Waals surface area contributed by atoms with Gasteiger partial charge in [-0.2, -0.15) is 0 Å². The lowest BCUT2D eigenvalue weighted by molar-refractivity contribution is -0.133. The molecule has 1 aliphatic heterocycles. The lowest BCUT2D eigenvalue weighted by atomic mass is 9.87. The molecule has 1 rings (SSSR count). The second-order valence-electron chi connectivity index (χ2n) is 5.41. The molecule has 2 N–H and O–H groups in total. The van der Waals surface area contributed by atoms with E-state index in [2.05, 4.69) is 13.8 Å². The zero-order chi connectivity index (χ0) is 12.7. The number of unbranched alkanes of at least 4 members (excludes halogenated alkanes) is 3. The van der Waals surface area contributed by atoms with Crippen LogP contribution in [0.5, 0.6) is 0 Å². The van der Waals surface area contributed by atoms with Crippen LogP contribution in [-0.4, -0.2) is 30.4 Å². The van der Waals surface area contributed by atoms with E-state index in [1.54, 1.807) is 0 Å². The number of carbonyl (C=O) groups excluding carboxylic acids is 1. The molecule has 3 heteroatoms. The van der Waals surface area contributed by atoms with Gasteiger partial charge in [0, 0.05) is 19.5 Å². The van der Waals surface area contributed by atoms with Gasteiger partial charge in [-0.25, -0.2) is 0 Å². The van der Waals surface area contributed by atoms with Gasteiger partial charge in [-0.3, -0.25) is 4.79 Å². The minimum atomic E-state index is 0.339. The Balaban J connectivity index is 2.27. The van der Waals surface area contributed by atoms with Gasteiger partial charge >= 0.3 is 0 Å². The molecule has 1 heterocycles. The summed E-state index contributed by atoms with van der Waals surface area (Å²) in [5.41, 5.74) is 5.76. The van der Waals surface area contributed by atoms with E-state index in [0.717, 1.165) is 32.4 Å². The van der Waals surface area contributed by atoms with E-state index in [4.69, 9.17) is 5.73 Å². The first kappa shape index (κ1) is 14.5. The molecule has 0 aromatic rings. The van der Waals surface area contributed by atoms with Crippen LogP contribution in [0.25, 0.3) is 0 Å². The van der Waals surface area contributed by atoms with E-state index in [1.807, 2.05) is 4.90 Å². The summed E-state index contributed by atoms with van der Waals surface area (Å²) >= 11 is 0. The largest absolute Gasteiger partial charge is 0.342 e. The molecule has 0 spiro atoms. The maximum Gasteiger partial charge on any atom is 0.222 e. The summed E-state index contributed by atoms with van der Waals surface area (Å²) in [6.07, 6.45) is 6.55. The number of hydrogen-bond acceptors (Lipinski definition) is 2. The minimum Gasteiger partial charge on any atom is -0.342 e. The molecular formula is C14H28N2O. The highest BCUT2D eigenvalue weighted by atomic mass is 16.2. The summed E-state index contributed by atoms with van der Waals surface area (Å²) in [7, 11) is 0. The van der Waals surface area contributed by atoms with Gasteiger partial charge < -0.3 is 10.6 Å². The predicted octanol–water partition coefficient (Wildman–Crippen LogP) is 2.40. The number of nitrogens with two attached hydrogens (primary N) is 1. The summed E-state index contributed by atoms with van der Waals surface area (Å²) in [5.74, 6) is 1.51. The zero-order valence-corrected chi connectivity index (χ0v) is 11.5. The number of hydrogen-bond donors (Lipinski definition) is 1. The van der Waals surface area contributed by atoms with Gasteiger partial charge in [-0.05, 0) is 31.2 Å². The molecule has 1 fully saturated rings. The molecule has 100 valence electrons. The van der Waals surface area contributed by atoms with Crippen molar-refractivity contribution in [3.63, 3.8) is 0 Å². The summed E-state index contributed by atoms with van der Waals surface area (Å²) in [6, 6.07) is 0. The normalized spacial score (nSPS) is 25.0. The third-order valence-corrected chi connectivity index (χ3v) is 4.01. The molecule has 17 heavy (non-hydrogen) atoms. The first-order valence-corrected chi connectivity index (χ1v) is 7.16. The molecule has 0 radical (unpaired) electrons. The molecule has 0 aliphatic carbocycles. The van der Waals surface area contributed by atoms with Crippen LogP contribution in [0.15, 0.2) is 0 Å². The second-order valence-corrected chi connectivity index (χ2v) is 5.41. The van der Waals surface area contributed by atoms with Gasteiger partial charge in [0.15, 0.2) is 0 Å². The van der Waals surface area contributed by atoms with Crippen LogP contribution in [0.3, 0.4) is 0 Å². The van der Waals surface area contributed by atoms with Crippen LogP contribution in [0.4, 0.5) is 0 Å². The predicted molar refractivity (Wildman–Crippen MR) is 71.7 cm³/mol. The summed E-state index contributed by atoms with van der Waals surface area (Å²) in [4.78, 5) is 14.0. The van der Waals surface area contributed by atoms with Crippen molar-refractivity contribution < 1.29 is 4.79 Å². The van der Waals surface area contributed by atoms with Gasteiger partial charge in [-0.1, -0.05) is 33.1 Å². The van der Waals surface area contributed by atoms with Crippen molar-refractivity contribution in [2.45, 2.75) is 52.4 Å². The molecule has 0 aromatic carbocycles. The quantitative estimate of drug-likeness (QED) is 0.725. The molecule has 0 bridgehead atoms. The summed E-state index contributed by atoms with van der Waals surface area (Å²) in [5, 5.41) is 0. The smallest absolute Gasteiger partial charge is 0.222 e. The Bertz CT molecular complexity index is 230. The standard InChI is InChI=1S/C14H28N2O/c1-3-4-5-6-7-14(17)16-9-8-12(2)13(10-15)11-16/h12-13H,3-11,15H2,1-2H3. The number of rotatable bonds is 6. The Morgan fingerprint density at radius 3 is 2.76 bits per heavy atom. The fraction of sp³-hybridized carbons (Fsp3) is 0.929. The number of carbonyl (C=O) groups is 1. The van der Waals surface area contributed by atoms with Crippen molar-refractivity contribution in [2.24, 2.45) is 17.6 Å². The number of nitrogens with zero attached hydrogens (tertiary/aromatic N) is 1.